The highest BCUT2D eigenvalue weighted by Gasteiger charge is 2.11. The second kappa shape index (κ2) is 10.4. The van der Waals surface area contributed by atoms with E-state index in [1.54, 1.807) is 32.4 Å². The summed E-state index contributed by atoms with van der Waals surface area (Å²) in [5, 5.41) is 10.1. The molecule has 0 aromatic heterocycles. The molecule has 1 rings (SSSR count). The molecule has 0 saturated heterocycles. The fraction of sp³-hybridized carbons (Fsp3) is 0.625. The number of benzene rings is 1. The van der Waals surface area contributed by atoms with E-state index < -0.39 is 6.10 Å². The fourth-order valence-electron chi connectivity index (χ4n) is 1.82. The highest BCUT2D eigenvalue weighted by atomic mass is 16.5. The molecule has 0 saturated carbocycles. The van der Waals surface area contributed by atoms with Crippen molar-refractivity contribution in [3.63, 3.8) is 0 Å². The molecule has 1 aromatic rings. The van der Waals surface area contributed by atoms with E-state index in [2.05, 4.69) is 6.92 Å². The lowest BCUT2D eigenvalue weighted by Gasteiger charge is -2.14. The van der Waals surface area contributed by atoms with Gasteiger partial charge in [-0.1, -0.05) is 19.4 Å². The van der Waals surface area contributed by atoms with E-state index in [-0.39, 0.29) is 6.61 Å². The molecule has 0 bridgehead atoms. The lowest BCUT2D eigenvalue weighted by Crippen LogP contribution is -2.11. The van der Waals surface area contributed by atoms with Crippen LogP contribution in [-0.2, 0) is 9.47 Å². The molecule has 1 aromatic carbocycles. The van der Waals surface area contributed by atoms with Crippen molar-refractivity contribution in [2.75, 3.05) is 40.6 Å². The number of hydrogen-bond donors (Lipinski definition) is 1. The number of methoxy groups -OCH3 is 2. The Hall–Kier alpha value is -1.30. The minimum Gasteiger partial charge on any atom is -0.493 e. The lowest BCUT2D eigenvalue weighted by molar-refractivity contribution is 0.00268. The predicted molar refractivity (Wildman–Crippen MR) is 81.1 cm³/mol. The van der Waals surface area contributed by atoms with E-state index in [0.717, 1.165) is 25.0 Å². The van der Waals surface area contributed by atoms with Crippen LogP contribution in [0.3, 0.4) is 0 Å². The predicted octanol–water partition coefficient (Wildman–Crippen LogP) is 2.57. The normalized spacial score (nSPS) is 12.2. The van der Waals surface area contributed by atoms with Crippen LogP contribution in [0.25, 0.3) is 0 Å². The molecule has 1 atom stereocenters. The summed E-state index contributed by atoms with van der Waals surface area (Å²) in [6, 6.07) is 5.32. The summed E-state index contributed by atoms with van der Waals surface area (Å²) in [6.45, 7) is 4.15. The van der Waals surface area contributed by atoms with Gasteiger partial charge in [0.05, 0.1) is 34.0 Å². The number of aliphatic hydroxyl groups excluding tert-OH is 1. The summed E-state index contributed by atoms with van der Waals surface area (Å²) < 4.78 is 21.2. The zero-order chi connectivity index (χ0) is 15.5. The Balaban J connectivity index is 2.33. The van der Waals surface area contributed by atoms with Crippen LogP contribution in [0.2, 0.25) is 0 Å². The van der Waals surface area contributed by atoms with Gasteiger partial charge < -0.3 is 24.1 Å². The lowest BCUT2D eigenvalue weighted by atomic mass is 10.1. The number of rotatable bonds is 11. The summed E-state index contributed by atoms with van der Waals surface area (Å²) in [5.41, 5.74) is 0.736. The van der Waals surface area contributed by atoms with E-state index in [4.69, 9.17) is 18.9 Å². The summed E-state index contributed by atoms with van der Waals surface area (Å²) >= 11 is 0. The van der Waals surface area contributed by atoms with Crippen molar-refractivity contribution >= 4 is 0 Å². The van der Waals surface area contributed by atoms with Gasteiger partial charge in [-0.3, -0.25) is 0 Å². The van der Waals surface area contributed by atoms with Crippen LogP contribution in [0.15, 0.2) is 18.2 Å². The Morgan fingerprint density at radius 3 is 2.38 bits per heavy atom. The molecule has 0 amide bonds. The van der Waals surface area contributed by atoms with Gasteiger partial charge in [0.2, 0.25) is 0 Å². The van der Waals surface area contributed by atoms with Gasteiger partial charge in [-0.2, -0.15) is 0 Å². The Morgan fingerprint density at radius 2 is 1.71 bits per heavy atom. The van der Waals surface area contributed by atoms with Crippen molar-refractivity contribution in [2.45, 2.75) is 25.9 Å². The Bertz CT molecular complexity index is 394. The number of hydrogen-bond acceptors (Lipinski definition) is 5. The number of ether oxygens (including phenoxy) is 4. The molecule has 5 nitrogen and oxygen atoms in total. The highest BCUT2D eigenvalue weighted by Crippen LogP contribution is 2.29. The molecule has 0 spiro atoms. The Labute approximate surface area is 126 Å². The van der Waals surface area contributed by atoms with E-state index >= 15 is 0 Å². The summed E-state index contributed by atoms with van der Waals surface area (Å²) in [5.74, 6) is 1.23. The summed E-state index contributed by atoms with van der Waals surface area (Å²) in [4.78, 5) is 0. The maximum absolute atomic E-state index is 10.1. The Kier molecular flexibility index (Phi) is 8.82. The third-order valence-corrected chi connectivity index (χ3v) is 3.08. The minimum atomic E-state index is -0.694. The third-order valence-electron chi connectivity index (χ3n) is 3.08. The van der Waals surface area contributed by atoms with Gasteiger partial charge in [-0.05, 0) is 24.1 Å². The first-order valence-electron chi connectivity index (χ1n) is 7.28. The van der Waals surface area contributed by atoms with Crippen LogP contribution < -0.4 is 9.47 Å². The quantitative estimate of drug-likeness (QED) is 0.636. The smallest absolute Gasteiger partial charge is 0.161 e. The molecular weight excluding hydrogens is 272 g/mol. The average Bonchev–Trinajstić information content (AvgIpc) is 2.53. The molecule has 120 valence electrons. The number of aliphatic hydroxyl groups is 1. The standard InChI is InChI=1S/C16H26O5/c1-4-5-8-20-9-10-21-12-14(17)13-6-7-15(18-2)16(11-13)19-3/h6-7,11,14,17H,4-5,8-10,12H2,1-3H3. The Morgan fingerprint density at radius 1 is 1.00 bits per heavy atom. The van der Waals surface area contributed by atoms with Crippen molar-refractivity contribution in [3.8, 4) is 11.5 Å². The van der Waals surface area contributed by atoms with E-state index in [1.165, 1.54) is 0 Å². The zero-order valence-corrected chi connectivity index (χ0v) is 13.1. The van der Waals surface area contributed by atoms with E-state index in [0.29, 0.717) is 24.7 Å². The summed E-state index contributed by atoms with van der Waals surface area (Å²) in [6.07, 6.45) is 1.49. The highest BCUT2D eigenvalue weighted by molar-refractivity contribution is 5.43. The largest absolute Gasteiger partial charge is 0.493 e. The van der Waals surface area contributed by atoms with Crippen molar-refractivity contribution in [1.82, 2.24) is 0 Å². The van der Waals surface area contributed by atoms with Gasteiger partial charge in [0, 0.05) is 6.61 Å². The van der Waals surface area contributed by atoms with Crippen LogP contribution in [0.4, 0.5) is 0 Å². The molecule has 0 fully saturated rings. The topological polar surface area (TPSA) is 57.2 Å². The SMILES string of the molecule is CCCCOCCOCC(O)c1ccc(OC)c(OC)c1. The van der Waals surface area contributed by atoms with E-state index in [1.807, 2.05) is 0 Å². The van der Waals surface area contributed by atoms with Crippen LogP contribution in [-0.4, -0.2) is 45.8 Å². The molecule has 0 aliphatic carbocycles. The van der Waals surface area contributed by atoms with Gasteiger partial charge in [0.25, 0.3) is 0 Å². The molecule has 0 aliphatic heterocycles. The van der Waals surface area contributed by atoms with Crippen molar-refractivity contribution in [3.05, 3.63) is 23.8 Å². The van der Waals surface area contributed by atoms with Gasteiger partial charge in [-0.15, -0.1) is 0 Å². The van der Waals surface area contributed by atoms with Crippen LogP contribution >= 0.6 is 0 Å². The molecule has 0 heterocycles. The fourth-order valence-corrected chi connectivity index (χ4v) is 1.82. The van der Waals surface area contributed by atoms with E-state index in [9.17, 15) is 5.11 Å². The van der Waals surface area contributed by atoms with Crippen molar-refractivity contribution < 1.29 is 24.1 Å². The molecule has 1 unspecified atom stereocenters. The zero-order valence-electron chi connectivity index (χ0n) is 13.1. The first kappa shape index (κ1) is 17.8. The monoisotopic (exact) mass is 298 g/mol. The van der Waals surface area contributed by atoms with Crippen LogP contribution in [0, 0.1) is 0 Å². The van der Waals surface area contributed by atoms with Crippen molar-refractivity contribution in [1.29, 1.82) is 0 Å². The minimum absolute atomic E-state index is 0.229. The molecule has 5 heteroatoms. The van der Waals surface area contributed by atoms with Crippen LogP contribution in [0.1, 0.15) is 31.4 Å². The molecule has 1 N–H and O–H groups in total. The second-order valence-electron chi connectivity index (χ2n) is 4.67. The van der Waals surface area contributed by atoms with Crippen molar-refractivity contribution in [2.24, 2.45) is 0 Å². The average molecular weight is 298 g/mol. The van der Waals surface area contributed by atoms with Gasteiger partial charge in [0.1, 0.15) is 6.10 Å². The number of unbranched alkanes of at least 4 members (excludes halogenated alkanes) is 1. The van der Waals surface area contributed by atoms with Gasteiger partial charge in [-0.25, -0.2) is 0 Å². The molecule has 21 heavy (non-hydrogen) atoms. The summed E-state index contributed by atoms with van der Waals surface area (Å²) in [7, 11) is 3.15. The molecule has 0 radical (unpaired) electrons. The first-order valence-corrected chi connectivity index (χ1v) is 7.28. The molecule has 0 aliphatic rings. The maximum atomic E-state index is 10.1. The van der Waals surface area contributed by atoms with Gasteiger partial charge >= 0.3 is 0 Å². The third kappa shape index (κ3) is 6.33. The first-order chi connectivity index (χ1) is 10.2. The maximum Gasteiger partial charge on any atom is 0.161 e. The second-order valence-corrected chi connectivity index (χ2v) is 4.67. The van der Waals surface area contributed by atoms with Gasteiger partial charge in [0.15, 0.2) is 11.5 Å². The van der Waals surface area contributed by atoms with Crippen LogP contribution in [0.5, 0.6) is 11.5 Å². The molecular formula is C16H26O5.